The summed E-state index contributed by atoms with van der Waals surface area (Å²) in [5, 5.41) is 7.59. The second-order valence-electron chi connectivity index (χ2n) is 8.25. The van der Waals surface area contributed by atoms with Gasteiger partial charge in [-0.3, -0.25) is 15.6 Å². The molecule has 3 heterocycles. The standard InChI is InChI=1S/C24H26Cl2N6O2/c25-17-1-6-20(26)16(13-17)15-32-8-7-27-23-22(32)14-21(29-30-23)24(33)28-18-2-4-19(5-3-18)31-9-11-34-12-10-31/h1-6,13-14,27,29-30H,7-12,15H2,(H,28,33). The molecule has 0 aromatic heterocycles. The normalized spacial score (nSPS) is 17.8. The van der Waals surface area contributed by atoms with Crippen molar-refractivity contribution in [1.29, 1.82) is 0 Å². The van der Waals surface area contributed by atoms with Gasteiger partial charge < -0.3 is 25.2 Å². The molecule has 3 aliphatic heterocycles. The number of anilines is 2. The molecule has 2 aromatic rings. The number of nitrogens with zero attached hydrogens (tertiary/aromatic N) is 2. The smallest absolute Gasteiger partial charge is 0.273 e. The lowest BCUT2D eigenvalue weighted by molar-refractivity contribution is -0.113. The summed E-state index contributed by atoms with van der Waals surface area (Å²) in [7, 11) is 0. The van der Waals surface area contributed by atoms with Crippen molar-refractivity contribution in [2.75, 3.05) is 49.6 Å². The average Bonchev–Trinajstić information content (AvgIpc) is 2.87. The van der Waals surface area contributed by atoms with Crippen molar-refractivity contribution < 1.29 is 9.53 Å². The van der Waals surface area contributed by atoms with E-state index in [0.717, 1.165) is 67.8 Å². The topological polar surface area (TPSA) is 80.9 Å². The average molecular weight is 501 g/mol. The minimum atomic E-state index is -0.232. The molecule has 3 aliphatic rings. The predicted octanol–water partition coefficient (Wildman–Crippen LogP) is 3.03. The number of ether oxygens (including phenoxy) is 1. The van der Waals surface area contributed by atoms with E-state index in [1.165, 1.54) is 0 Å². The van der Waals surface area contributed by atoms with Gasteiger partial charge in [0.2, 0.25) is 0 Å². The highest BCUT2D eigenvalue weighted by molar-refractivity contribution is 6.33. The van der Waals surface area contributed by atoms with Crippen LogP contribution in [-0.4, -0.2) is 50.2 Å². The molecule has 8 nitrogen and oxygen atoms in total. The van der Waals surface area contributed by atoms with E-state index in [4.69, 9.17) is 27.9 Å². The molecule has 0 bridgehead atoms. The van der Waals surface area contributed by atoms with Gasteiger partial charge in [-0.15, -0.1) is 0 Å². The summed E-state index contributed by atoms with van der Waals surface area (Å²) in [5.74, 6) is 0.584. The van der Waals surface area contributed by atoms with E-state index >= 15 is 0 Å². The van der Waals surface area contributed by atoms with Crippen LogP contribution in [0.4, 0.5) is 11.4 Å². The Morgan fingerprint density at radius 3 is 2.62 bits per heavy atom. The Hall–Kier alpha value is -3.07. The Balaban J connectivity index is 1.29. The fraction of sp³-hybridized carbons (Fsp3) is 0.292. The summed E-state index contributed by atoms with van der Waals surface area (Å²) in [5.41, 5.74) is 10.2. The second-order valence-corrected chi connectivity index (χ2v) is 9.10. The zero-order valence-electron chi connectivity index (χ0n) is 18.5. The lowest BCUT2D eigenvalue weighted by atomic mass is 10.1. The van der Waals surface area contributed by atoms with Crippen LogP contribution in [0.5, 0.6) is 0 Å². The number of morpholine rings is 1. The molecular weight excluding hydrogens is 475 g/mol. The van der Waals surface area contributed by atoms with Crippen molar-refractivity contribution in [2.45, 2.75) is 6.54 Å². The number of amides is 1. The Morgan fingerprint density at radius 2 is 1.82 bits per heavy atom. The number of hydrazine groups is 1. The van der Waals surface area contributed by atoms with E-state index in [0.29, 0.717) is 22.3 Å². The molecule has 4 N–H and O–H groups in total. The van der Waals surface area contributed by atoms with Gasteiger partial charge >= 0.3 is 0 Å². The number of carbonyl (C=O) groups is 1. The van der Waals surface area contributed by atoms with Crippen LogP contribution in [0.3, 0.4) is 0 Å². The molecular formula is C24H26Cl2N6O2. The Kier molecular flexibility index (Phi) is 6.71. The first-order chi connectivity index (χ1) is 16.6. The van der Waals surface area contributed by atoms with Gasteiger partial charge in [0.15, 0.2) is 0 Å². The molecule has 10 heteroatoms. The molecule has 1 saturated heterocycles. The molecule has 1 fully saturated rings. The zero-order valence-corrected chi connectivity index (χ0v) is 20.0. The van der Waals surface area contributed by atoms with Crippen molar-refractivity contribution in [1.82, 2.24) is 21.1 Å². The molecule has 0 aliphatic carbocycles. The molecule has 5 rings (SSSR count). The van der Waals surface area contributed by atoms with Crippen LogP contribution in [0.1, 0.15) is 5.56 Å². The first kappa shape index (κ1) is 22.7. The van der Waals surface area contributed by atoms with E-state index in [1.54, 1.807) is 12.1 Å². The first-order valence-electron chi connectivity index (χ1n) is 11.2. The molecule has 2 aromatic carbocycles. The van der Waals surface area contributed by atoms with Gasteiger partial charge in [0.05, 0.1) is 18.9 Å². The summed E-state index contributed by atoms with van der Waals surface area (Å²) < 4.78 is 5.41. The summed E-state index contributed by atoms with van der Waals surface area (Å²) in [6.07, 6.45) is 1.84. The number of halogens is 2. The van der Waals surface area contributed by atoms with Crippen LogP contribution in [0.25, 0.3) is 0 Å². The predicted molar refractivity (Wildman–Crippen MR) is 134 cm³/mol. The summed E-state index contributed by atoms with van der Waals surface area (Å²) in [6.45, 7) is 5.31. The maximum atomic E-state index is 13.0. The maximum Gasteiger partial charge on any atom is 0.273 e. The van der Waals surface area contributed by atoms with E-state index in [9.17, 15) is 4.79 Å². The fourth-order valence-electron chi connectivity index (χ4n) is 4.19. The SMILES string of the molecule is O=C(Nc1ccc(N2CCOCC2)cc1)C1=CC2=C(NCCN2Cc2cc(Cl)ccc2Cl)NN1. The lowest BCUT2D eigenvalue weighted by Crippen LogP contribution is -2.50. The fourth-order valence-corrected chi connectivity index (χ4v) is 4.56. The number of benzene rings is 2. The number of rotatable bonds is 5. The van der Waals surface area contributed by atoms with Crippen LogP contribution < -0.4 is 26.4 Å². The summed E-state index contributed by atoms with van der Waals surface area (Å²) in [6, 6.07) is 13.3. The highest BCUT2D eigenvalue weighted by Crippen LogP contribution is 2.26. The minimum absolute atomic E-state index is 0.232. The molecule has 0 saturated carbocycles. The highest BCUT2D eigenvalue weighted by Gasteiger charge is 2.25. The van der Waals surface area contributed by atoms with Crippen LogP contribution >= 0.6 is 23.2 Å². The molecule has 0 unspecified atom stereocenters. The van der Waals surface area contributed by atoms with Crippen molar-refractivity contribution in [2.24, 2.45) is 0 Å². The molecule has 0 atom stereocenters. The first-order valence-corrected chi connectivity index (χ1v) is 12.0. The Bertz CT molecular complexity index is 1130. The van der Waals surface area contributed by atoms with E-state index in [2.05, 4.69) is 31.3 Å². The lowest BCUT2D eigenvalue weighted by Gasteiger charge is -2.36. The zero-order chi connectivity index (χ0) is 23.5. The molecule has 1 amide bonds. The maximum absolute atomic E-state index is 13.0. The van der Waals surface area contributed by atoms with Gasteiger partial charge in [-0.2, -0.15) is 0 Å². The van der Waals surface area contributed by atoms with Crippen LogP contribution in [0, 0.1) is 0 Å². The van der Waals surface area contributed by atoms with Crippen molar-refractivity contribution in [3.63, 3.8) is 0 Å². The van der Waals surface area contributed by atoms with Crippen LogP contribution in [0.15, 0.2) is 65.8 Å². The number of carbonyl (C=O) groups excluding carboxylic acids is 1. The molecule has 0 spiro atoms. The second kappa shape index (κ2) is 10.0. The monoisotopic (exact) mass is 500 g/mol. The minimum Gasteiger partial charge on any atom is -0.378 e. The molecule has 178 valence electrons. The Morgan fingerprint density at radius 1 is 1.03 bits per heavy atom. The highest BCUT2D eigenvalue weighted by atomic mass is 35.5. The number of nitrogens with one attached hydrogen (secondary N) is 4. The molecule has 0 radical (unpaired) electrons. The number of allylic oxidation sites excluding steroid dienone is 1. The van der Waals surface area contributed by atoms with Gasteiger partial charge in [-0.25, -0.2) is 0 Å². The van der Waals surface area contributed by atoms with Crippen molar-refractivity contribution in [3.05, 3.63) is 81.4 Å². The van der Waals surface area contributed by atoms with Gasteiger partial charge in [-0.1, -0.05) is 23.2 Å². The largest absolute Gasteiger partial charge is 0.378 e. The summed E-state index contributed by atoms with van der Waals surface area (Å²) in [4.78, 5) is 17.4. The third-order valence-electron chi connectivity index (χ3n) is 6.00. The Labute approximate surface area is 208 Å². The van der Waals surface area contributed by atoms with E-state index in [1.807, 2.05) is 36.4 Å². The molecule has 34 heavy (non-hydrogen) atoms. The van der Waals surface area contributed by atoms with Crippen LogP contribution in [-0.2, 0) is 16.1 Å². The van der Waals surface area contributed by atoms with Gasteiger partial charge in [0.25, 0.3) is 5.91 Å². The quantitative estimate of drug-likeness (QED) is 0.502. The number of hydrogen-bond acceptors (Lipinski definition) is 7. The van der Waals surface area contributed by atoms with Crippen molar-refractivity contribution >= 4 is 40.5 Å². The van der Waals surface area contributed by atoms with Crippen LogP contribution in [0.2, 0.25) is 10.0 Å². The third-order valence-corrected chi connectivity index (χ3v) is 6.60. The van der Waals surface area contributed by atoms with Gasteiger partial charge in [0, 0.05) is 54.1 Å². The third kappa shape index (κ3) is 5.04. The van der Waals surface area contributed by atoms with Crippen molar-refractivity contribution in [3.8, 4) is 0 Å². The number of hydrogen-bond donors (Lipinski definition) is 4. The van der Waals surface area contributed by atoms with E-state index < -0.39 is 0 Å². The van der Waals surface area contributed by atoms with Gasteiger partial charge in [0.1, 0.15) is 11.5 Å². The summed E-state index contributed by atoms with van der Waals surface area (Å²) >= 11 is 12.6. The van der Waals surface area contributed by atoms with E-state index in [-0.39, 0.29) is 5.91 Å². The van der Waals surface area contributed by atoms with Gasteiger partial charge in [-0.05, 0) is 54.1 Å².